The van der Waals surface area contributed by atoms with Gasteiger partial charge in [-0.1, -0.05) is 95.8 Å². The Kier molecular flexibility index (Phi) is 8.60. The van der Waals surface area contributed by atoms with Crippen LogP contribution < -0.4 is 4.74 Å². The highest BCUT2D eigenvalue weighted by Crippen LogP contribution is 2.42. The monoisotopic (exact) mass is 422 g/mol. The number of hydrogen-bond donors (Lipinski definition) is 1. The Bertz CT molecular complexity index is 786. The van der Waals surface area contributed by atoms with Crippen molar-refractivity contribution in [2.75, 3.05) is 0 Å². The van der Waals surface area contributed by atoms with Crippen LogP contribution in [0.1, 0.15) is 102 Å². The molecule has 0 unspecified atom stereocenters. The first-order valence-electron chi connectivity index (χ1n) is 12.4. The molecule has 1 N–H and O–H groups in total. The van der Waals surface area contributed by atoms with E-state index in [4.69, 9.17) is 4.74 Å². The van der Waals surface area contributed by atoms with E-state index in [1.54, 1.807) is 0 Å². The van der Waals surface area contributed by atoms with Gasteiger partial charge in [0, 0.05) is 0 Å². The first-order valence-corrected chi connectivity index (χ1v) is 12.4. The quantitative estimate of drug-likeness (QED) is 0.396. The molecule has 3 atom stereocenters. The van der Waals surface area contributed by atoms with E-state index >= 15 is 0 Å². The van der Waals surface area contributed by atoms with Gasteiger partial charge in [-0.25, -0.2) is 0 Å². The molecule has 0 saturated heterocycles. The average molecular weight is 423 g/mol. The summed E-state index contributed by atoms with van der Waals surface area (Å²) in [7, 11) is 0. The number of unbranched alkanes of at least 4 members (excludes halogenated alkanes) is 3. The maximum atomic E-state index is 10.4. The molecule has 0 aliphatic heterocycles. The van der Waals surface area contributed by atoms with E-state index in [1.165, 1.54) is 48.8 Å². The van der Waals surface area contributed by atoms with E-state index < -0.39 is 0 Å². The molecule has 0 bridgehead atoms. The van der Waals surface area contributed by atoms with Crippen molar-refractivity contribution >= 4 is 0 Å². The van der Waals surface area contributed by atoms with E-state index in [0.29, 0.717) is 18.4 Å². The van der Waals surface area contributed by atoms with Gasteiger partial charge in [-0.3, -0.25) is 0 Å². The molecule has 1 saturated carbocycles. The molecule has 0 radical (unpaired) electrons. The third kappa shape index (κ3) is 6.84. The van der Waals surface area contributed by atoms with Crippen molar-refractivity contribution < 1.29 is 9.84 Å². The Morgan fingerprint density at radius 1 is 0.968 bits per heavy atom. The molecule has 170 valence electrons. The Morgan fingerprint density at radius 3 is 2.45 bits per heavy atom. The first kappa shape index (κ1) is 23.9. The number of aliphatic hydroxyl groups excluding tert-OH is 1. The second-order valence-corrected chi connectivity index (χ2v) is 10.4. The molecule has 1 fully saturated rings. The predicted molar refractivity (Wildman–Crippen MR) is 131 cm³/mol. The van der Waals surface area contributed by atoms with Gasteiger partial charge >= 0.3 is 0 Å². The lowest BCUT2D eigenvalue weighted by molar-refractivity contribution is 0.0937. The number of rotatable bonds is 10. The SMILES string of the molecule is CCCCCCC(C)(C)c1ccc([C@H]2C[C@H](C)C[C@@H](O)C2)c(OCc2ccccc2)c1. The summed E-state index contributed by atoms with van der Waals surface area (Å²) in [5.74, 6) is 1.92. The highest BCUT2D eigenvalue weighted by Gasteiger charge is 2.29. The molecule has 2 nitrogen and oxygen atoms in total. The minimum absolute atomic E-state index is 0.135. The number of hydrogen-bond acceptors (Lipinski definition) is 2. The zero-order chi connectivity index (χ0) is 22.3. The Morgan fingerprint density at radius 2 is 1.74 bits per heavy atom. The lowest BCUT2D eigenvalue weighted by Crippen LogP contribution is -2.24. The molecule has 0 heterocycles. The molecule has 2 heteroatoms. The summed E-state index contributed by atoms with van der Waals surface area (Å²) < 4.78 is 6.44. The summed E-state index contributed by atoms with van der Waals surface area (Å²) in [5, 5.41) is 10.4. The van der Waals surface area contributed by atoms with Crippen molar-refractivity contribution in [2.45, 2.75) is 103 Å². The number of aliphatic hydroxyl groups is 1. The van der Waals surface area contributed by atoms with Crippen LogP contribution >= 0.6 is 0 Å². The van der Waals surface area contributed by atoms with Gasteiger partial charge in [0.15, 0.2) is 0 Å². The van der Waals surface area contributed by atoms with Crippen LogP contribution in [0.15, 0.2) is 48.5 Å². The highest BCUT2D eigenvalue weighted by molar-refractivity contribution is 5.43. The molecule has 1 aliphatic carbocycles. The minimum Gasteiger partial charge on any atom is -0.489 e. The third-order valence-corrected chi connectivity index (χ3v) is 7.05. The van der Waals surface area contributed by atoms with Gasteiger partial charge < -0.3 is 9.84 Å². The summed E-state index contributed by atoms with van der Waals surface area (Å²) in [4.78, 5) is 0. The molecule has 0 spiro atoms. The van der Waals surface area contributed by atoms with Crippen molar-refractivity contribution in [1.82, 2.24) is 0 Å². The van der Waals surface area contributed by atoms with Crippen LogP contribution in [0.4, 0.5) is 0 Å². The molecule has 0 amide bonds. The van der Waals surface area contributed by atoms with Gasteiger partial charge in [0.2, 0.25) is 0 Å². The molecular weight excluding hydrogens is 380 g/mol. The zero-order valence-electron chi connectivity index (χ0n) is 20.1. The molecule has 31 heavy (non-hydrogen) atoms. The highest BCUT2D eigenvalue weighted by atomic mass is 16.5. The molecule has 2 aromatic carbocycles. The van der Waals surface area contributed by atoms with Gasteiger partial charge in [-0.2, -0.15) is 0 Å². The van der Waals surface area contributed by atoms with Crippen LogP contribution in [0, 0.1) is 5.92 Å². The minimum atomic E-state index is -0.203. The normalized spacial score (nSPS) is 21.8. The van der Waals surface area contributed by atoms with Crippen LogP contribution in [0.2, 0.25) is 0 Å². The Labute approximate surface area is 190 Å². The van der Waals surface area contributed by atoms with Crippen molar-refractivity contribution in [3.63, 3.8) is 0 Å². The second kappa shape index (κ2) is 11.2. The fraction of sp³-hybridized carbons (Fsp3) is 0.586. The lowest BCUT2D eigenvalue weighted by atomic mass is 9.75. The maximum absolute atomic E-state index is 10.4. The van der Waals surface area contributed by atoms with E-state index in [2.05, 4.69) is 70.2 Å². The largest absolute Gasteiger partial charge is 0.489 e. The van der Waals surface area contributed by atoms with Crippen LogP contribution in [-0.2, 0) is 12.0 Å². The molecule has 1 aliphatic rings. The fourth-order valence-electron chi connectivity index (χ4n) is 5.11. The fourth-order valence-corrected chi connectivity index (χ4v) is 5.11. The average Bonchev–Trinajstić information content (AvgIpc) is 2.75. The van der Waals surface area contributed by atoms with Gasteiger partial charge in [-0.05, 0) is 65.7 Å². The molecular formula is C29H42O2. The lowest BCUT2D eigenvalue weighted by Gasteiger charge is -2.33. The van der Waals surface area contributed by atoms with Gasteiger partial charge in [0.1, 0.15) is 12.4 Å². The van der Waals surface area contributed by atoms with Crippen LogP contribution in [-0.4, -0.2) is 11.2 Å². The van der Waals surface area contributed by atoms with Gasteiger partial charge in [-0.15, -0.1) is 0 Å². The van der Waals surface area contributed by atoms with E-state index in [-0.39, 0.29) is 11.5 Å². The smallest absolute Gasteiger partial charge is 0.123 e. The standard InChI is InChI=1S/C29H42O2/c1-5-6-7-11-16-29(3,4)25-14-15-27(24-17-22(2)18-26(30)19-24)28(20-25)31-21-23-12-9-8-10-13-23/h8-10,12-15,20,22,24,26,30H,5-7,11,16-19,21H2,1-4H3/t22-,24-,26+/m0/s1. The molecule has 2 aromatic rings. The Balaban J connectivity index is 1.83. The van der Waals surface area contributed by atoms with Crippen LogP contribution in [0.25, 0.3) is 0 Å². The summed E-state index contributed by atoms with van der Waals surface area (Å²) >= 11 is 0. The summed E-state index contributed by atoms with van der Waals surface area (Å²) in [5.41, 5.74) is 3.96. The van der Waals surface area contributed by atoms with Crippen molar-refractivity contribution in [1.29, 1.82) is 0 Å². The Hall–Kier alpha value is -1.80. The molecule has 0 aromatic heterocycles. The number of ether oxygens (including phenoxy) is 1. The molecule has 3 rings (SSSR count). The third-order valence-electron chi connectivity index (χ3n) is 7.05. The predicted octanol–water partition coefficient (Wildman–Crippen LogP) is 7.78. The van der Waals surface area contributed by atoms with Crippen LogP contribution in [0.5, 0.6) is 5.75 Å². The van der Waals surface area contributed by atoms with Crippen molar-refractivity contribution in [2.24, 2.45) is 5.92 Å². The van der Waals surface area contributed by atoms with E-state index in [9.17, 15) is 5.11 Å². The van der Waals surface area contributed by atoms with Crippen LogP contribution in [0.3, 0.4) is 0 Å². The van der Waals surface area contributed by atoms with Gasteiger partial charge in [0.05, 0.1) is 6.10 Å². The van der Waals surface area contributed by atoms with Crippen molar-refractivity contribution in [3.8, 4) is 5.75 Å². The topological polar surface area (TPSA) is 29.5 Å². The maximum Gasteiger partial charge on any atom is 0.123 e. The van der Waals surface area contributed by atoms with E-state index in [0.717, 1.165) is 25.0 Å². The summed E-state index contributed by atoms with van der Waals surface area (Å²) in [6.45, 7) is 9.83. The second-order valence-electron chi connectivity index (χ2n) is 10.4. The summed E-state index contributed by atoms with van der Waals surface area (Å²) in [6.07, 6.45) is 9.06. The van der Waals surface area contributed by atoms with Gasteiger partial charge in [0.25, 0.3) is 0 Å². The first-order chi connectivity index (χ1) is 14.9. The summed E-state index contributed by atoms with van der Waals surface area (Å²) in [6, 6.07) is 17.3. The van der Waals surface area contributed by atoms with E-state index in [1.807, 2.05) is 6.07 Å². The number of benzene rings is 2. The van der Waals surface area contributed by atoms with Crippen molar-refractivity contribution in [3.05, 3.63) is 65.2 Å². The zero-order valence-corrected chi connectivity index (χ0v) is 20.1.